The van der Waals surface area contributed by atoms with Crippen LogP contribution in [0.15, 0.2) is 33.8 Å². The minimum atomic E-state index is -3.66. The molecule has 0 aliphatic carbocycles. The predicted octanol–water partition coefficient (Wildman–Crippen LogP) is 3.20. The van der Waals surface area contributed by atoms with Gasteiger partial charge in [0.1, 0.15) is 0 Å². The molecule has 20 heavy (non-hydrogen) atoms. The third kappa shape index (κ3) is 3.16. The Morgan fingerprint density at radius 2 is 2.15 bits per heavy atom. The molecule has 2 rings (SSSR count). The Hall–Kier alpha value is -1.05. The van der Waals surface area contributed by atoms with E-state index in [1.54, 1.807) is 17.9 Å². The summed E-state index contributed by atoms with van der Waals surface area (Å²) in [6, 6.07) is 4.45. The highest BCUT2D eigenvalue weighted by Crippen LogP contribution is 2.27. The molecule has 0 radical (unpaired) electrons. The van der Waals surface area contributed by atoms with Crippen molar-refractivity contribution in [3.63, 3.8) is 0 Å². The van der Waals surface area contributed by atoms with E-state index >= 15 is 0 Å². The highest BCUT2D eigenvalue weighted by atomic mass is 79.9. The molecule has 0 fully saturated rings. The Bertz CT molecular complexity index is 743. The third-order valence-corrected chi connectivity index (χ3v) is 5.26. The Kier molecular flexibility index (Phi) is 4.41. The van der Waals surface area contributed by atoms with Gasteiger partial charge in [0.2, 0.25) is 0 Å². The molecule has 1 aromatic heterocycles. The molecule has 0 bridgehead atoms. The number of sulfonamides is 1. The van der Waals surface area contributed by atoms with Crippen molar-refractivity contribution in [2.45, 2.75) is 18.2 Å². The second-order valence-corrected chi connectivity index (χ2v) is 7.14. The van der Waals surface area contributed by atoms with Gasteiger partial charge in [0.25, 0.3) is 10.0 Å². The maximum atomic E-state index is 12.3. The van der Waals surface area contributed by atoms with E-state index in [-0.39, 0.29) is 4.90 Å². The Balaban J connectivity index is 2.37. The maximum absolute atomic E-state index is 12.3. The van der Waals surface area contributed by atoms with E-state index in [0.717, 1.165) is 0 Å². The van der Waals surface area contributed by atoms with Gasteiger partial charge >= 0.3 is 0 Å². The number of nitrogens with zero attached hydrogens (tertiary/aromatic N) is 2. The predicted molar refractivity (Wildman–Crippen MR) is 82.5 cm³/mol. The number of aromatic nitrogens is 2. The molecule has 0 saturated carbocycles. The largest absolute Gasteiger partial charge is 0.276 e. The smallest absolute Gasteiger partial charge is 0.262 e. The number of nitrogens with one attached hydrogen (secondary N) is 1. The first kappa shape index (κ1) is 15.3. The Morgan fingerprint density at radius 1 is 1.45 bits per heavy atom. The first-order valence-corrected chi connectivity index (χ1v) is 8.49. The van der Waals surface area contributed by atoms with Crippen LogP contribution >= 0.6 is 27.5 Å². The van der Waals surface area contributed by atoms with Crippen molar-refractivity contribution in [2.75, 3.05) is 4.72 Å². The summed E-state index contributed by atoms with van der Waals surface area (Å²) in [6.07, 6.45) is 2.28. The summed E-state index contributed by atoms with van der Waals surface area (Å²) in [5.74, 6) is 0. The molecule has 108 valence electrons. The summed E-state index contributed by atoms with van der Waals surface area (Å²) in [5, 5.41) is 4.66. The molecular weight excluding hydrogens is 366 g/mol. The van der Waals surface area contributed by atoms with Crippen molar-refractivity contribution in [3.8, 4) is 0 Å². The van der Waals surface area contributed by atoms with Crippen LogP contribution in [-0.4, -0.2) is 18.2 Å². The minimum absolute atomic E-state index is 0.139. The molecule has 0 spiro atoms. The second kappa shape index (κ2) is 5.75. The minimum Gasteiger partial charge on any atom is -0.276 e. The van der Waals surface area contributed by atoms with Crippen LogP contribution < -0.4 is 4.72 Å². The summed E-state index contributed by atoms with van der Waals surface area (Å²) >= 11 is 9.08. The molecule has 0 unspecified atom stereocenters. The van der Waals surface area contributed by atoms with E-state index in [4.69, 9.17) is 11.6 Å². The molecule has 1 N–H and O–H groups in total. The van der Waals surface area contributed by atoms with Gasteiger partial charge in [-0.15, -0.1) is 0 Å². The average molecular weight is 379 g/mol. The van der Waals surface area contributed by atoms with Gasteiger partial charge in [-0.05, 0) is 40.5 Å². The molecule has 5 nitrogen and oxygen atoms in total. The number of hydrogen-bond donors (Lipinski definition) is 1. The SMILES string of the molecule is CCc1nn(C)cc1NS(=O)(=O)c1ccc(Cl)c(Br)c1. The fourth-order valence-corrected chi connectivity index (χ4v) is 3.47. The lowest BCUT2D eigenvalue weighted by Crippen LogP contribution is -2.13. The fraction of sp³-hybridized carbons (Fsp3) is 0.250. The number of hydrogen-bond acceptors (Lipinski definition) is 3. The lowest BCUT2D eigenvalue weighted by molar-refractivity contribution is 0.601. The van der Waals surface area contributed by atoms with Gasteiger partial charge < -0.3 is 0 Å². The van der Waals surface area contributed by atoms with Crippen LogP contribution in [-0.2, 0) is 23.5 Å². The molecule has 0 amide bonds. The normalized spacial score (nSPS) is 11.6. The van der Waals surface area contributed by atoms with E-state index in [1.807, 2.05) is 6.92 Å². The van der Waals surface area contributed by atoms with Crippen molar-refractivity contribution in [1.82, 2.24) is 9.78 Å². The maximum Gasteiger partial charge on any atom is 0.262 e. The molecule has 0 aliphatic rings. The zero-order valence-electron chi connectivity index (χ0n) is 10.9. The molecule has 0 aliphatic heterocycles. The molecule has 0 saturated heterocycles. The van der Waals surface area contributed by atoms with Crippen molar-refractivity contribution in [3.05, 3.63) is 39.6 Å². The lowest BCUT2D eigenvalue weighted by atomic mass is 10.3. The summed E-state index contributed by atoms with van der Waals surface area (Å²) in [4.78, 5) is 0.139. The Morgan fingerprint density at radius 3 is 2.75 bits per heavy atom. The first-order chi connectivity index (χ1) is 9.33. The van der Waals surface area contributed by atoms with Gasteiger partial charge in [0, 0.05) is 17.7 Å². The topological polar surface area (TPSA) is 64.0 Å². The van der Waals surface area contributed by atoms with Gasteiger partial charge in [-0.25, -0.2) is 8.42 Å². The number of halogens is 2. The molecule has 8 heteroatoms. The first-order valence-electron chi connectivity index (χ1n) is 5.84. The number of anilines is 1. The van der Waals surface area contributed by atoms with E-state index in [2.05, 4.69) is 25.8 Å². The van der Waals surface area contributed by atoms with Gasteiger partial charge in [-0.3, -0.25) is 9.40 Å². The summed E-state index contributed by atoms with van der Waals surface area (Å²) in [7, 11) is -1.92. The van der Waals surface area contributed by atoms with Crippen LogP contribution in [0.1, 0.15) is 12.6 Å². The summed E-state index contributed by atoms with van der Waals surface area (Å²) < 4.78 is 29.3. The van der Waals surface area contributed by atoms with E-state index in [0.29, 0.717) is 27.3 Å². The standard InChI is InChI=1S/C12H13BrClN3O2S/c1-3-11-12(7-17(2)15-11)16-20(18,19)8-4-5-10(14)9(13)6-8/h4-7,16H,3H2,1-2H3. The zero-order valence-corrected chi connectivity index (χ0v) is 14.1. The van der Waals surface area contributed by atoms with Gasteiger partial charge in [0.05, 0.1) is 21.3 Å². The van der Waals surface area contributed by atoms with Crippen molar-refractivity contribution < 1.29 is 8.42 Å². The van der Waals surface area contributed by atoms with Gasteiger partial charge in [-0.1, -0.05) is 18.5 Å². The average Bonchev–Trinajstić information content (AvgIpc) is 2.72. The van der Waals surface area contributed by atoms with Crippen molar-refractivity contribution in [1.29, 1.82) is 0 Å². The van der Waals surface area contributed by atoms with Crippen LogP contribution in [0.4, 0.5) is 5.69 Å². The highest BCUT2D eigenvalue weighted by Gasteiger charge is 2.18. The third-order valence-electron chi connectivity index (χ3n) is 2.69. The quantitative estimate of drug-likeness (QED) is 0.888. The zero-order chi connectivity index (χ0) is 14.9. The van der Waals surface area contributed by atoms with Crippen molar-refractivity contribution >= 4 is 43.2 Å². The molecule has 1 heterocycles. The van der Waals surface area contributed by atoms with Crippen LogP contribution in [0.25, 0.3) is 0 Å². The van der Waals surface area contributed by atoms with Crippen molar-refractivity contribution in [2.24, 2.45) is 7.05 Å². The lowest BCUT2D eigenvalue weighted by Gasteiger charge is -2.08. The van der Waals surface area contributed by atoms with Crippen LogP contribution in [0.3, 0.4) is 0 Å². The van der Waals surface area contributed by atoms with Crippen LogP contribution in [0.2, 0.25) is 5.02 Å². The number of aryl methyl sites for hydroxylation is 2. The highest BCUT2D eigenvalue weighted by molar-refractivity contribution is 9.10. The summed E-state index contributed by atoms with van der Waals surface area (Å²) in [5.41, 5.74) is 1.19. The van der Waals surface area contributed by atoms with Crippen LogP contribution in [0.5, 0.6) is 0 Å². The molecule has 0 atom stereocenters. The summed E-state index contributed by atoms with van der Waals surface area (Å²) in [6.45, 7) is 1.92. The van der Waals surface area contributed by atoms with Crippen LogP contribution in [0, 0.1) is 0 Å². The number of benzene rings is 1. The Labute approximate surface area is 131 Å². The van der Waals surface area contributed by atoms with E-state index < -0.39 is 10.0 Å². The van der Waals surface area contributed by atoms with Gasteiger partial charge in [0.15, 0.2) is 0 Å². The second-order valence-electron chi connectivity index (χ2n) is 4.20. The number of rotatable bonds is 4. The van der Waals surface area contributed by atoms with E-state index in [1.165, 1.54) is 18.2 Å². The molecule has 1 aromatic carbocycles. The fourth-order valence-electron chi connectivity index (χ4n) is 1.73. The van der Waals surface area contributed by atoms with E-state index in [9.17, 15) is 8.42 Å². The molecular formula is C12H13BrClN3O2S. The monoisotopic (exact) mass is 377 g/mol. The van der Waals surface area contributed by atoms with Gasteiger partial charge in [-0.2, -0.15) is 5.10 Å². The molecule has 2 aromatic rings.